The molecular formula is C21H32F2. The van der Waals surface area contributed by atoms with E-state index in [1.807, 2.05) is 0 Å². The fourth-order valence-corrected chi connectivity index (χ4v) is 4.21. The van der Waals surface area contributed by atoms with Crippen LogP contribution in [0, 0.1) is 23.7 Å². The minimum Gasteiger partial charge on any atom is -0.204 e. The van der Waals surface area contributed by atoms with Crippen molar-refractivity contribution in [1.29, 1.82) is 0 Å². The number of rotatable bonds is 6. The molecule has 0 radical (unpaired) electrons. The summed E-state index contributed by atoms with van der Waals surface area (Å²) in [4.78, 5) is 0. The molecular weight excluding hydrogens is 290 g/mol. The summed E-state index contributed by atoms with van der Waals surface area (Å²) in [5.41, 5.74) is 1.27. The molecule has 2 heteroatoms. The van der Waals surface area contributed by atoms with Gasteiger partial charge in [0.2, 0.25) is 0 Å². The zero-order valence-electron chi connectivity index (χ0n) is 15.0. The third-order valence-corrected chi connectivity index (χ3v) is 6.22. The first-order valence-corrected chi connectivity index (χ1v) is 9.30. The van der Waals surface area contributed by atoms with Gasteiger partial charge in [-0.2, -0.15) is 0 Å². The normalized spacial score (nSPS) is 28.7. The highest BCUT2D eigenvalue weighted by Crippen LogP contribution is 2.39. The van der Waals surface area contributed by atoms with Crippen molar-refractivity contribution < 1.29 is 8.78 Å². The Morgan fingerprint density at radius 3 is 2.30 bits per heavy atom. The van der Waals surface area contributed by atoms with Gasteiger partial charge in [-0.3, -0.25) is 0 Å². The lowest BCUT2D eigenvalue weighted by molar-refractivity contribution is 0.219. The van der Waals surface area contributed by atoms with E-state index in [0.717, 1.165) is 18.8 Å². The second kappa shape index (κ2) is 8.26. The van der Waals surface area contributed by atoms with Crippen molar-refractivity contribution in [3.63, 3.8) is 0 Å². The van der Waals surface area contributed by atoms with Gasteiger partial charge in [0.05, 0.1) is 0 Å². The van der Waals surface area contributed by atoms with E-state index in [1.165, 1.54) is 25.7 Å². The van der Waals surface area contributed by atoms with E-state index < -0.39 is 11.7 Å². The van der Waals surface area contributed by atoms with E-state index in [9.17, 15) is 8.78 Å². The highest BCUT2D eigenvalue weighted by atomic mass is 19.2. The Bertz CT molecular complexity index is 478. The summed E-state index contributed by atoms with van der Waals surface area (Å²) in [5, 5.41) is 0. The molecule has 2 aliphatic carbocycles. The lowest BCUT2D eigenvalue weighted by atomic mass is 9.74. The molecule has 0 spiro atoms. The molecule has 0 aliphatic heterocycles. The first-order valence-electron chi connectivity index (χ1n) is 9.30. The third kappa shape index (κ3) is 4.55. The van der Waals surface area contributed by atoms with Gasteiger partial charge in [-0.15, -0.1) is 6.58 Å². The Hall–Kier alpha value is -0.920. The summed E-state index contributed by atoms with van der Waals surface area (Å²) < 4.78 is 27.9. The van der Waals surface area contributed by atoms with Crippen LogP contribution in [0.3, 0.4) is 0 Å². The van der Waals surface area contributed by atoms with Gasteiger partial charge in [-0.05, 0) is 93.1 Å². The van der Waals surface area contributed by atoms with Gasteiger partial charge in [-0.1, -0.05) is 19.9 Å². The van der Waals surface area contributed by atoms with Gasteiger partial charge in [0.1, 0.15) is 0 Å². The maximum atomic E-state index is 14.1. The van der Waals surface area contributed by atoms with Crippen LogP contribution in [0.5, 0.6) is 0 Å². The third-order valence-electron chi connectivity index (χ3n) is 6.22. The molecule has 0 nitrogen and oxygen atoms in total. The summed E-state index contributed by atoms with van der Waals surface area (Å²) in [6.45, 7) is 10.00. The Kier molecular flexibility index (Phi) is 6.61. The molecule has 1 fully saturated rings. The van der Waals surface area contributed by atoms with E-state index in [-0.39, 0.29) is 5.92 Å². The van der Waals surface area contributed by atoms with Crippen LogP contribution < -0.4 is 0 Å². The smallest absolute Gasteiger partial charge is 0.158 e. The van der Waals surface area contributed by atoms with Crippen molar-refractivity contribution in [3.8, 4) is 0 Å². The highest BCUT2D eigenvalue weighted by Gasteiger charge is 2.26. The maximum Gasteiger partial charge on any atom is 0.158 e. The Morgan fingerprint density at radius 1 is 1.04 bits per heavy atom. The van der Waals surface area contributed by atoms with E-state index in [4.69, 9.17) is 0 Å². The van der Waals surface area contributed by atoms with Crippen molar-refractivity contribution in [1.82, 2.24) is 0 Å². The van der Waals surface area contributed by atoms with Gasteiger partial charge in [0.25, 0.3) is 0 Å². The van der Waals surface area contributed by atoms with E-state index in [1.54, 1.807) is 6.92 Å². The van der Waals surface area contributed by atoms with Gasteiger partial charge >= 0.3 is 0 Å². The second-order valence-electron chi connectivity index (χ2n) is 7.80. The Morgan fingerprint density at radius 2 is 1.70 bits per heavy atom. The molecule has 0 aromatic heterocycles. The van der Waals surface area contributed by atoms with Crippen molar-refractivity contribution in [3.05, 3.63) is 35.5 Å². The average molecular weight is 322 g/mol. The van der Waals surface area contributed by atoms with E-state index >= 15 is 0 Å². The zero-order chi connectivity index (χ0) is 17.0. The monoisotopic (exact) mass is 322 g/mol. The molecule has 2 aliphatic rings. The summed E-state index contributed by atoms with van der Waals surface area (Å²) >= 11 is 0. The summed E-state index contributed by atoms with van der Waals surface area (Å²) in [5.74, 6) is 1.16. The summed E-state index contributed by atoms with van der Waals surface area (Å²) in [7, 11) is 0. The van der Waals surface area contributed by atoms with Crippen LogP contribution in [0.4, 0.5) is 8.78 Å². The molecule has 130 valence electrons. The van der Waals surface area contributed by atoms with Crippen molar-refractivity contribution in [2.75, 3.05) is 0 Å². The van der Waals surface area contributed by atoms with Crippen LogP contribution in [-0.4, -0.2) is 0 Å². The van der Waals surface area contributed by atoms with Crippen LogP contribution in [0.25, 0.3) is 0 Å². The molecule has 0 amide bonds. The first kappa shape index (κ1) is 18.4. The molecule has 2 rings (SSSR count). The van der Waals surface area contributed by atoms with Gasteiger partial charge < -0.3 is 0 Å². The van der Waals surface area contributed by atoms with Crippen molar-refractivity contribution in [2.24, 2.45) is 23.7 Å². The lowest BCUT2D eigenvalue weighted by Gasteiger charge is -2.32. The van der Waals surface area contributed by atoms with Crippen LogP contribution in [0.1, 0.15) is 72.1 Å². The molecule has 0 N–H and O–H groups in total. The molecule has 0 heterocycles. The Labute approximate surface area is 140 Å². The predicted octanol–water partition coefficient (Wildman–Crippen LogP) is 7.29. The number of allylic oxidation sites excluding steroid dienone is 5. The first-order chi connectivity index (χ1) is 10.9. The number of hydrogen-bond donors (Lipinski definition) is 0. The fraction of sp³-hybridized carbons (Fsp3) is 0.714. The van der Waals surface area contributed by atoms with Crippen LogP contribution in [-0.2, 0) is 0 Å². The van der Waals surface area contributed by atoms with Crippen LogP contribution in [0.15, 0.2) is 35.5 Å². The zero-order valence-corrected chi connectivity index (χ0v) is 15.0. The quantitative estimate of drug-likeness (QED) is 0.450. The van der Waals surface area contributed by atoms with Crippen molar-refractivity contribution in [2.45, 2.75) is 72.1 Å². The SMILES string of the molecule is C=CC1CCC(C(C)CCC(C)C2=C(F)C(F)=C(C)CC2)CC1. The van der Waals surface area contributed by atoms with Crippen LogP contribution >= 0.6 is 0 Å². The van der Waals surface area contributed by atoms with Gasteiger partial charge in [0, 0.05) is 0 Å². The molecule has 1 saturated carbocycles. The molecule has 2 unspecified atom stereocenters. The van der Waals surface area contributed by atoms with Crippen molar-refractivity contribution >= 4 is 0 Å². The topological polar surface area (TPSA) is 0 Å². The van der Waals surface area contributed by atoms with Gasteiger partial charge in [0.15, 0.2) is 11.7 Å². The molecule has 0 bridgehead atoms. The summed E-state index contributed by atoms with van der Waals surface area (Å²) in [6.07, 6.45) is 10.7. The average Bonchev–Trinajstić information content (AvgIpc) is 2.57. The standard InChI is InChI=1S/C21H32F2/c1-5-17-9-11-18(12-10-17)14(2)6-7-15(3)19-13-8-16(4)20(22)21(19)23/h5,14-15,17-18H,1,6-13H2,2-4H3. The van der Waals surface area contributed by atoms with Gasteiger partial charge in [-0.25, -0.2) is 8.78 Å². The molecule has 0 saturated heterocycles. The Balaban J connectivity index is 1.85. The fourth-order valence-electron chi connectivity index (χ4n) is 4.21. The number of hydrogen-bond acceptors (Lipinski definition) is 0. The largest absolute Gasteiger partial charge is 0.204 e. The van der Waals surface area contributed by atoms with E-state index in [0.29, 0.717) is 35.8 Å². The summed E-state index contributed by atoms with van der Waals surface area (Å²) in [6, 6.07) is 0. The highest BCUT2D eigenvalue weighted by molar-refractivity contribution is 5.34. The number of halogens is 2. The maximum absolute atomic E-state index is 14.1. The van der Waals surface area contributed by atoms with E-state index in [2.05, 4.69) is 26.5 Å². The molecule has 0 aromatic rings. The minimum atomic E-state index is -0.603. The lowest BCUT2D eigenvalue weighted by Crippen LogP contribution is -2.20. The molecule has 0 aromatic carbocycles. The molecule has 23 heavy (non-hydrogen) atoms. The molecule has 2 atom stereocenters. The minimum absolute atomic E-state index is 0.154. The van der Waals surface area contributed by atoms with Crippen LogP contribution in [0.2, 0.25) is 0 Å². The predicted molar refractivity (Wildman–Crippen MR) is 94.4 cm³/mol. The second-order valence-corrected chi connectivity index (χ2v) is 7.80.